The van der Waals surface area contributed by atoms with Crippen LogP contribution >= 0.6 is 11.6 Å². The molecule has 2 aromatic rings. The lowest BCUT2D eigenvalue weighted by atomic mass is 10.1. The first-order valence-corrected chi connectivity index (χ1v) is 6.15. The van der Waals surface area contributed by atoms with Crippen molar-refractivity contribution < 1.29 is 13.9 Å². The molecule has 1 N–H and O–H groups in total. The molecular formula is C13H13ClF2N2O. The summed E-state index contributed by atoms with van der Waals surface area (Å²) >= 11 is 5.98. The smallest absolute Gasteiger partial charge is 0.132 e. The van der Waals surface area contributed by atoms with Crippen molar-refractivity contribution in [1.82, 2.24) is 9.78 Å². The van der Waals surface area contributed by atoms with E-state index in [1.807, 2.05) is 13.8 Å². The number of aromatic nitrogens is 2. The van der Waals surface area contributed by atoms with E-state index in [-0.39, 0.29) is 16.6 Å². The highest BCUT2D eigenvalue weighted by molar-refractivity contribution is 6.31. The van der Waals surface area contributed by atoms with E-state index in [1.54, 1.807) is 0 Å². The van der Waals surface area contributed by atoms with E-state index < -0.39 is 17.7 Å². The zero-order valence-electron chi connectivity index (χ0n) is 10.4. The summed E-state index contributed by atoms with van der Waals surface area (Å²) in [6.45, 7) is 3.72. The van der Waals surface area contributed by atoms with Crippen molar-refractivity contribution in [1.29, 1.82) is 0 Å². The molecule has 1 heterocycles. The average molecular weight is 287 g/mol. The number of aliphatic hydroxyl groups is 1. The normalized spacial score (nSPS) is 13.0. The number of halogens is 3. The molecule has 0 fully saturated rings. The predicted molar refractivity (Wildman–Crippen MR) is 68.0 cm³/mol. The zero-order chi connectivity index (χ0) is 14.2. The molecule has 0 bridgehead atoms. The molecule has 102 valence electrons. The molecule has 1 aromatic carbocycles. The molecule has 0 aliphatic carbocycles. The highest BCUT2D eigenvalue weighted by atomic mass is 35.5. The molecule has 0 saturated carbocycles. The Kier molecular flexibility index (Phi) is 3.87. The van der Waals surface area contributed by atoms with Crippen LogP contribution in [-0.2, 0) is 0 Å². The maximum absolute atomic E-state index is 13.7. The fourth-order valence-corrected chi connectivity index (χ4v) is 2.12. The van der Waals surface area contributed by atoms with Crippen molar-refractivity contribution in [3.8, 4) is 0 Å². The molecule has 1 aromatic heterocycles. The van der Waals surface area contributed by atoms with Crippen LogP contribution in [0.15, 0.2) is 24.4 Å². The van der Waals surface area contributed by atoms with Crippen molar-refractivity contribution in [3.63, 3.8) is 0 Å². The molecule has 0 amide bonds. The van der Waals surface area contributed by atoms with Gasteiger partial charge in [-0.25, -0.2) is 8.78 Å². The molecular weight excluding hydrogens is 274 g/mol. The summed E-state index contributed by atoms with van der Waals surface area (Å²) in [5, 5.41) is 14.5. The van der Waals surface area contributed by atoms with Gasteiger partial charge in [-0.1, -0.05) is 17.7 Å². The highest BCUT2D eigenvalue weighted by Gasteiger charge is 2.23. The lowest BCUT2D eigenvalue weighted by Crippen LogP contribution is -2.13. The lowest BCUT2D eigenvalue weighted by molar-refractivity contribution is 0.200. The van der Waals surface area contributed by atoms with Gasteiger partial charge < -0.3 is 5.11 Å². The fraction of sp³-hybridized carbons (Fsp3) is 0.308. The third-order valence-electron chi connectivity index (χ3n) is 2.79. The minimum absolute atomic E-state index is 0.0364. The second-order valence-electron chi connectivity index (χ2n) is 4.48. The summed E-state index contributed by atoms with van der Waals surface area (Å²) in [6, 6.07) is 2.97. The molecule has 3 nitrogen and oxygen atoms in total. The Labute approximate surface area is 114 Å². The maximum atomic E-state index is 13.7. The van der Waals surface area contributed by atoms with Gasteiger partial charge in [-0.05, 0) is 19.9 Å². The summed E-state index contributed by atoms with van der Waals surface area (Å²) in [5.41, 5.74) is 0.257. The zero-order valence-corrected chi connectivity index (χ0v) is 11.2. The SMILES string of the molecule is CC(C)n1ncc(Cl)c1C(O)c1ccc(F)cc1F. The molecule has 0 radical (unpaired) electrons. The number of rotatable bonds is 3. The van der Waals surface area contributed by atoms with Gasteiger partial charge in [0.2, 0.25) is 0 Å². The van der Waals surface area contributed by atoms with Gasteiger partial charge in [0, 0.05) is 17.7 Å². The number of hydrogen-bond acceptors (Lipinski definition) is 2. The van der Waals surface area contributed by atoms with Gasteiger partial charge in [0.1, 0.15) is 17.7 Å². The third-order valence-corrected chi connectivity index (χ3v) is 3.08. The first kappa shape index (κ1) is 14.0. The number of aliphatic hydroxyl groups excluding tert-OH is 1. The van der Waals surface area contributed by atoms with Crippen LogP contribution in [0.2, 0.25) is 5.02 Å². The average Bonchev–Trinajstić information content (AvgIpc) is 2.70. The molecule has 6 heteroatoms. The first-order valence-electron chi connectivity index (χ1n) is 5.77. The van der Waals surface area contributed by atoms with Gasteiger partial charge in [-0.2, -0.15) is 5.10 Å². The van der Waals surface area contributed by atoms with Crippen LogP contribution in [0, 0.1) is 11.6 Å². The molecule has 1 unspecified atom stereocenters. The fourth-order valence-electron chi connectivity index (χ4n) is 1.89. The van der Waals surface area contributed by atoms with Crippen LogP contribution in [-0.4, -0.2) is 14.9 Å². The predicted octanol–water partition coefficient (Wildman–Crippen LogP) is 3.48. The topological polar surface area (TPSA) is 38.0 Å². The highest BCUT2D eigenvalue weighted by Crippen LogP contribution is 2.31. The summed E-state index contributed by atoms with van der Waals surface area (Å²) < 4.78 is 28.1. The molecule has 1 atom stereocenters. The summed E-state index contributed by atoms with van der Waals surface area (Å²) in [5.74, 6) is -1.52. The Morgan fingerprint density at radius 3 is 2.58 bits per heavy atom. The molecule has 2 rings (SSSR count). The van der Waals surface area contributed by atoms with Crippen molar-refractivity contribution in [2.75, 3.05) is 0 Å². The van der Waals surface area contributed by atoms with Crippen LogP contribution in [0.4, 0.5) is 8.78 Å². The summed E-state index contributed by atoms with van der Waals surface area (Å²) in [4.78, 5) is 0. The van der Waals surface area contributed by atoms with Gasteiger partial charge in [-0.15, -0.1) is 0 Å². The Balaban J connectivity index is 2.49. The standard InChI is InChI=1S/C13H13ClF2N2O/c1-7(2)18-12(10(14)6-17-18)13(19)9-4-3-8(15)5-11(9)16/h3-7,13,19H,1-2H3. The number of benzene rings is 1. The van der Waals surface area contributed by atoms with Gasteiger partial charge in [0.05, 0.1) is 16.9 Å². The lowest BCUT2D eigenvalue weighted by Gasteiger charge is -2.17. The van der Waals surface area contributed by atoms with Crippen LogP contribution in [0.1, 0.15) is 37.3 Å². The minimum Gasteiger partial charge on any atom is -0.382 e. The summed E-state index contributed by atoms with van der Waals surface area (Å²) in [7, 11) is 0. The van der Waals surface area contributed by atoms with Crippen molar-refractivity contribution in [2.45, 2.75) is 26.0 Å². The summed E-state index contributed by atoms with van der Waals surface area (Å²) in [6.07, 6.45) is 0.0969. The van der Waals surface area contributed by atoms with E-state index >= 15 is 0 Å². The van der Waals surface area contributed by atoms with Crippen molar-refractivity contribution >= 4 is 11.6 Å². The van der Waals surface area contributed by atoms with Gasteiger partial charge in [0.25, 0.3) is 0 Å². The first-order chi connectivity index (χ1) is 8.91. The Morgan fingerprint density at radius 1 is 1.32 bits per heavy atom. The number of nitrogens with zero attached hydrogens (tertiary/aromatic N) is 2. The Morgan fingerprint density at radius 2 is 2.00 bits per heavy atom. The van der Waals surface area contributed by atoms with E-state index in [0.717, 1.165) is 12.1 Å². The van der Waals surface area contributed by atoms with E-state index in [2.05, 4.69) is 5.10 Å². The van der Waals surface area contributed by atoms with E-state index in [4.69, 9.17) is 11.6 Å². The maximum Gasteiger partial charge on any atom is 0.132 e. The van der Waals surface area contributed by atoms with Crippen molar-refractivity contribution in [3.05, 3.63) is 52.3 Å². The van der Waals surface area contributed by atoms with E-state index in [1.165, 1.54) is 16.9 Å². The largest absolute Gasteiger partial charge is 0.382 e. The Hall–Kier alpha value is -1.46. The van der Waals surface area contributed by atoms with Gasteiger partial charge in [0.15, 0.2) is 0 Å². The van der Waals surface area contributed by atoms with Crippen LogP contribution < -0.4 is 0 Å². The minimum atomic E-state index is -1.29. The van der Waals surface area contributed by atoms with E-state index in [0.29, 0.717) is 5.69 Å². The van der Waals surface area contributed by atoms with Gasteiger partial charge >= 0.3 is 0 Å². The third kappa shape index (κ3) is 2.62. The monoisotopic (exact) mass is 286 g/mol. The van der Waals surface area contributed by atoms with E-state index in [9.17, 15) is 13.9 Å². The molecule has 19 heavy (non-hydrogen) atoms. The molecule has 0 aliphatic heterocycles. The van der Waals surface area contributed by atoms with Crippen LogP contribution in [0.25, 0.3) is 0 Å². The quantitative estimate of drug-likeness (QED) is 0.938. The molecule has 0 saturated heterocycles. The van der Waals surface area contributed by atoms with Crippen LogP contribution in [0.3, 0.4) is 0 Å². The second kappa shape index (κ2) is 5.27. The van der Waals surface area contributed by atoms with Crippen LogP contribution in [0.5, 0.6) is 0 Å². The van der Waals surface area contributed by atoms with Gasteiger partial charge in [-0.3, -0.25) is 4.68 Å². The molecule has 0 spiro atoms. The molecule has 0 aliphatic rings. The Bertz CT molecular complexity index is 598. The number of hydrogen-bond donors (Lipinski definition) is 1. The van der Waals surface area contributed by atoms with Crippen molar-refractivity contribution in [2.24, 2.45) is 0 Å². The second-order valence-corrected chi connectivity index (χ2v) is 4.89.